The molecule has 7 nitrogen and oxygen atoms in total. The van der Waals surface area contributed by atoms with Gasteiger partial charge < -0.3 is 5.11 Å². The number of nitrogens with zero attached hydrogens (tertiary/aromatic N) is 1. The van der Waals surface area contributed by atoms with Gasteiger partial charge in [-0.3, -0.25) is 9.82 Å². The second kappa shape index (κ2) is 5.17. The Labute approximate surface area is 119 Å². The standard InChI is InChI=1S/C12H12FN3O4S/c1-6-3-8(5-9(11(6)13)12(17)18)21(19,20)16-10-4-7(2)14-15-10/h3-5H,1-2H3,(H,17,18)(H2,14,15,16). The largest absolute Gasteiger partial charge is 0.478 e. The second-order valence-corrected chi connectivity index (χ2v) is 6.13. The van der Waals surface area contributed by atoms with Gasteiger partial charge in [-0.15, -0.1) is 0 Å². The molecule has 0 fully saturated rings. The van der Waals surface area contributed by atoms with Crippen LogP contribution in [0.5, 0.6) is 0 Å². The lowest BCUT2D eigenvalue weighted by molar-refractivity contribution is 0.0691. The van der Waals surface area contributed by atoms with Crippen molar-refractivity contribution in [2.24, 2.45) is 0 Å². The number of nitrogens with one attached hydrogen (secondary N) is 2. The predicted octanol–water partition coefficient (Wildman–Crippen LogP) is 1.66. The molecule has 112 valence electrons. The third-order valence-electron chi connectivity index (χ3n) is 2.71. The van der Waals surface area contributed by atoms with Crippen LogP contribution in [0.1, 0.15) is 21.6 Å². The maximum absolute atomic E-state index is 13.6. The molecule has 21 heavy (non-hydrogen) atoms. The van der Waals surface area contributed by atoms with E-state index < -0.39 is 27.4 Å². The van der Waals surface area contributed by atoms with Crippen LogP contribution in [0.15, 0.2) is 23.1 Å². The molecular formula is C12H12FN3O4S. The van der Waals surface area contributed by atoms with Gasteiger partial charge >= 0.3 is 5.97 Å². The van der Waals surface area contributed by atoms with Crippen LogP contribution in [0.25, 0.3) is 0 Å². The zero-order chi connectivity index (χ0) is 15.8. The summed E-state index contributed by atoms with van der Waals surface area (Å²) in [7, 11) is -4.06. The van der Waals surface area contributed by atoms with E-state index in [4.69, 9.17) is 5.11 Å². The minimum absolute atomic E-state index is 0.0614. The Balaban J connectivity index is 2.47. The molecule has 1 aromatic heterocycles. The minimum atomic E-state index is -4.06. The molecule has 1 aromatic carbocycles. The lowest BCUT2D eigenvalue weighted by Gasteiger charge is -2.08. The van der Waals surface area contributed by atoms with E-state index in [9.17, 15) is 17.6 Å². The van der Waals surface area contributed by atoms with E-state index in [1.54, 1.807) is 6.92 Å². The average molecular weight is 313 g/mol. The number of halogens is 1. The molecule has 3 N–H and O–H groups in total. The first kappa shape index (κ1) is 15.0. The summed E-state index contributed by atoms with van der Waals surface area (Å²) in [6, 6.07) is 3.29. The molecule has 0 unspecified atom stereocenters. The van der Waals surface area contributed by atoms with E-state index in [0.717, 1.165) is 12.1 Å². The van der Waals surface area contributed by atoms with Crippen LogP contribution >= 0.6 is 0 Å². The molecule has 0 aliphatic carbocycles. The molecule has 0 atom stereocenters. The Morgan fingerprint density at radius 1 is 1.33 bits per heavy atom. The number of hydrogen-bond donors (Lipinski definition) is 3. The number of H-pyrrole nitrogens is 1. The first-order chi connectivity index (χ1) is 9.70. The normalized spacial score (nSPS) is 11.4. The second-order valence-electron chi connectivity index (χ2n) is 4.45. The van der Waals surface area contributed by atoms with E-state index in [1.807, 2.05) is 0 Å². The zero-order valence-electron chi connectivity index (χ0n) is 11.1. The number of carbonyl (C=O) groups is 1. The van der Waals surface area contributed by atoms with Crippen LogP contribution in [0.4, 0.5) is 10.2 Å². The van der Waals surface area contributed by atoms with Gasteiger partial charge in [0.2, 0.25) is 0 Å². The van der Waals surface area contributed by atoms with Crippen LogP contribution in [-0.2, 0) is 10.0 Å². The maximum Gasteiger partial charge on any atom is 0.338 e. The fraction of sp³-hybridized carbons (Fsp3) is 0.167. The van der Waals surface area contributed by atoms with Gasteiger partial charge in [0.15, 0.2) is 5.82 Å². The van der Waals surface area contributed by atoms with Crippen molar-refractivity contribution >= 4 is 21.8 Å². The number of aromatic carboxylic acids is 1. The SMILES string of the molecule is Cc1cc(NS(=O)(=O)c2cc(C)c(F)c(C(=O)O)c2)n[nH]1. The lowest BCUT2D eigenvalue weighted by atomic mass is 10.1. The van der Waals surface area contributed by atoms with E-state index in [2.05, 4.69) is 14.9 Å². The summed E-state index contributed by atoms with van der Waals surface area (Å²) in [6.45, 7) is 2.98. The van der Waals surface area contributed by atoms with Gasteiger partial charge in [0, 0.05) is 11.8 Å². The lowest BCUT2D eigenvalue weighted by Crippen LogP contribution is -2.15. The van der Waals surface area contributed by atoms with Gasteiger partial charge in [-0.25, -0.2) is 17.6 Å². The minimum Gasteiger partial charge on any atom is -0.478 e. The van der Waals surface area contributed by atoms with E-state index >= 15 is 0 Å². The Bertz CT molecular complexity index is 814. The van der Waals surface area contributed by atoms with Crippen LogP contribution < -0.4 is 4.72 Å². The molecule has 0 bridgehead atoms. The van der Waals surface area contributed by atoms with Gasteiger partial charge in [-0.1, -0.05) is 0 Å². The molecule has 0 radical (unpaired) electrons. The number of aryl methyl sites for hydroxylation is 2. The highest BCUT2D eigenvalue weighted by atomic mass is 32.2. The summed E-state index contributed by atoms with van der Waals surface area (Å²) in [5.41, 5.74) is -0.128. The van der Waals surface area contributed by atoms with Crippen molar-refractivity contribution in [3.05, 3.63) is 40.8 Å². The number of aromatic amines is 1. The van der Waals surface area contributed by atoms with Crippen LogP contribution in [-0.4, -0.2) is 29.7 Å². The Morgan fingerprint density at radius 3 is 2.52 bits per heavy atom. The van der Waals surface area contributed by atoms with E-state index in [1.165, 1.54) is 13.0 Å². The Hall–Kier alpha value is -2.42. The number of carboxylic acid groups (broad SMARTS) is 1. The summed E-state index contributed by atoms with van der Waals surface area (Å²) < 4.78 is 40.2. The summed E-state index contributed by atoms with van der Waals surface area (Å²) in [5, 5.41) is 15.2. The third-order valence-corrected chi connectivity index (χ3v) is 4.05. The molecule has 1 heterocycles. The molecule has 0 saturated carbocycles. The van der Waals surface area contributed by atoms with Gasteiger partial charge in [-0.05, 0) is 31.5 Å². The van der Waals surface area contributed by atoms with Gasteiger partial charge in [0.1, 0.15) is 5.82 Å². The van der Waals surface area contributed by atoms with Crippen molar-refractivity contribution in [1.29, 1.82) is 0 Å². The fourth-order valence-corrected chi connectivity index (χ4v) is 2.82. The number of rotatable bonds is 4. The molecule has 2 rings (SSSR count). The van der Waals surface area contributed by atoms with E-state index in [0.29, 0.717) is 5.69 Å². The molecular weight excluding hydrogens is 301 g/mol. The molecule has 0 saturated heterocycles. The molecule has 0 aliphatic rings. The van der Waals surface area contributed by atoms with Crippen molar-refractivity contribution in [2.45, 2.75) is 18.7 Å². The first-order valence-electron chi connectivity index (χ1n) is 5.79. The predicted molar refractivity (Wildman–Crippen MR) is 72.2 cm³/mol. The number of anilines is 1. The highest BCUT2D eigenvalue weighted by Gasteiger charge is 2.22. The van der Waals surface area contributed by atoms with Gasteiger partial charge in [-0.2, -0.15) is 5.10 Å². The molecule has 9 heteroatoms. The Kier molecular flexibility index (Phi) is 3.69. The number of carboxylic acids is 1. The van der Waals surface area contributed by atoms with Crippen LogP contribution in [0.3, 0.4) is 0 Å². The van der Waals surface area contributed by atoms with Crippen molar-refractivity contribution in [2.75, 3.05) is 4.72 Å². The molecule has 2 aromatic rings. The van der Waals surface area contributed by atoms with Crippen LogP contribution in [0.2, 0.25) is 0 Å². The maximum atomic E-state index is 13.6. The quantitative estimate of drug-likeness (QED) is 0.794. The highest BCUT2D eigenvalue weighted by molar-refractivity contribution is 7.92. The van der Waals surface area contributed by atoms with Crippen LogP contribution in [0, 0.1) is 19.7 Å². The zero-order valence-corrected chi connectivity index (χ0v) is 12.0. The van der Waals surface area contributed by atoms with Crippen molar-refractivity contribution in [1.82, 2.24) is 10.2 Å². The van der Waals surface area contributed by atoms with Crippen molar-refractivity contribution in [3.63, 3.8) is 0 Å². The summed E-state index contributed by atoms with van der Waals surface area (Å²) in [4.78, 5) is 10.6. The average Bonchev–Trinajstić information content (AvgIpc) is 2.76. The molecule has 0 aliphatic heterocycles. The van der Waals surface area contributed by atoms with Crippen molar-refractivity contribution in [3.8, 4) is 0 Å². The van der Waals surface area contributed by atoms with E-state index in [-0.39, 0.29) is 16.3 Å². The fourth-order valence-electron chi connectivity index (χ4n) is 1.71. The molecule has 0 spiro atoms. The van der Waals surface area contributed by atoms with Gasteiger partial charge in [0.25, 0.3) is 10.0 Å². The van der Waals surface area contributed by atoms with Gasteiger partial charge in [0.05, 0.1) is 10.5 Å². The third kappa shape index (κ3) is 3.02. The molecule has 0 amide bonds. The monoisotopic (exact) mass is 313 g/mol. The number of aromatic nitrogens is 2. The number of hydrogen-bond acceptors (Lipinski definition) is 4. The Morgan fingerprint density at radius 2 is 2.00 bits per heavy atom. The number of sulfonamides is 1. The smallest absolute Gasteiger partial charge is 0.338 e. The number of benzene rings is 1. The summed E-state index contributed by atoms with van der Waals surface area (Å²) >= 11 is 0. The summed E-state index contributed by atoms with van der Waals surface area (Å²) in [5.74, 6) is -2.44. The van der Waals surface area contributed by atoms with Crippen molar-refractivity contribution < 1.29 is 22.7 Å². The highest BCUT2D eigenvalue weighted by Crippen LogP contribution is 2.21. The summed E-state index contributed by atoms with van der Waals surface area (Å²) in [6.07, 6.45) is 0. The first-order valence-corrected chi connectivity index (χ1v) is 7.27. The topological polar surface area (TPSA) is 112 Å².